The van der Waals surface area contributed by atoms with E-state index in [1.54, 1.807) is 47.0 Å². The summed E-state index contributed by atoms with van der Waals surface area (Å²) >= 11 is 6.05. The van der Waals surface area contributed by atoms with Crippen LogP contribution in [0.2, 0.25) is 5.02 Å². The Balaban J connectivity index is 1.79. The van der Waals surface area contributed by atoms with Gasteiger partial charge >= 0.3 is 6.18 Å². The smallest absolute Gasteiger partial charge is 0.326 e. The predicted octanol–water partition coefficient (Wildman–Crippen LogP) is 4.83. The average Bonchev–Trinajstić information content (AvgIpc) is 3.19. The Morgan fingerprint density at radius 1 is 1.10 bits per heavy atom. The number of para-hydroxylation sites is 1. The molecule has 0 saturated carbocycles. The molecule has 0 aliphatic heterocycles. The Bertz CT molecular complexity index is 1380. The Labute approximate surface area is 181 Å². The van der Waals surface area contributed by atoms with Crippen LogP contribution in [-0.4, -0.2) is 40.2 Å². The van der Waals surface area contributed by atoms with E-state index in [1.807, 2.05) is 0 Å². The Morgan fingerprint density at radius 2 is 1.84 bits per heavy atom. The zero-order valence-corrected chi connectivity index (χ0v) is 18.0. The number of sulfone groups is 1. The minimum atomic E-state index is -4.25. The third-order valence-corrected chi connectivity index (χ3v) is 6.14. The molecular weight excluding hydrogens is 453 g/mol. The summed E-state index contributed by atoms with van der Waals surface area (Å²) in [5, 5.41) is 5.16. The summed E-state index contributed by atoms with van der Waals surface area (Å²) in [6.07, 6.45) is -4.19. The molecule has 0 spiro atoms. The van der Waals surface area contributed by atoms with Crippen molar-refractivity contribution >= 4 is 43.4 Å². The lowest BCUT2D eigenvalue weighted by Crippen LogP contribution is -2.13. The van der Waals surface area contributed by atoms with Crippen molar-refractivity contribution in [2.75, 3.05) is 6.26 Å². The van der Waals surface area contributed by atoms with Crippen molar-refractivity contribution < 1.29 is 21.6 Å². The fourth-order valence-electron chi connectivity index (χ4n) is 3.59. The normalized spacial score (nSPS) is 12.8. The fraction of sp³-hybridized carbons (Fsp3) is 0.300. The van der Waals surface area contributed by atoms with Crippen molar-refractivity contribution in [3.63, 3.8) is 0 Å². The zero-order chi connectivity index (χ0) is 22.4. The molecule has 2 aromatic carbocycles. The van der Waals surface area contributed by atoms with Gasteiger partial charge in [0.1, 0.15) is 5.82 Å². The molecule has 0 atom stereocenters. The SMILES string of the molecule is CS(=O)(=O)c1nn(Cc2nc3cc(Cl)ccc3n2CCCC(F)(F)F)c2ccccc12. The highest BCUT2D eigenvalue weighted by atomic mass is 35.5. The van der Waals surface area contributed by atoms with Crippen LogP contribution in [0.25, 0.3) is 21.9 Å². The fourth-order valence-corrected chi connectivity index (χ4v) is 4.57. The van der Waals surface area contributed by atoms with Gasteiger partial charge in [-0.15, -0.1) is 0 Å². The van der Waals surface area contributed by atoms with Gasteiger partial charge in [0.2, 0.25) is 0 Å². The Morgan fingerprint density at radius 3 is 2.55 bits per heavy atom. The third kappa shape index (κ3) is 4.54. The maximum absolute atomic E-state index is 12.7. The maximum Gasteiger partial charge on any atom is 0.389 e. The number of imidazole rings is 1. The van der Waals surface area contributed by atoms with Crippen LogP contribution in [0.4, 0.5) is 13.2 Å². The number of aryl methyl sites for hydroxylation is 1. The first-order valence-corrected chi connectivity index (χ1v) is 11.7. The summed E-state index contributed by atoms with van der Waals surface area (Å²) in [6.45, 7) is 0.194. The van der Waals surface area contributed by atoms with E-state index >= 15 is 0 Å². The molecule has 164 valence electrons. The lowest BCUT2D eigenvalue weighted by Gasteiger charge is -2.11. The first-order chi connectivity index (χ1) is 14.5. The summed E-state index contributed by atoms with van der Waals surface area (Å²) in [4.78, 5) is 4.55. The van der Waals surface area contributed by atoms with E-state index in [9.17, 15) is 21.6 Å². The lowest BCUT2D eigenvalue weighted by molar-refractivity contribution is -0.135. The summed E-state index contributed by atoms with van der Waals surface area (Å²) in [6, 6.07) is 11.9. The van der Waals surface area contributed by atoms with Crippen LogP contribution in [0.15, 0.2) is 47.5 Å². The molecule has 0 saturated heterocycles. The molecule has 4 aromatic rings. The topological polar surface area (TPSA) is 69.8 Å². The molecule has 11 heteroatoms. The van der Waals surface area contributed by atoms with Gasteiger partial charge in [0.15, 0.2) is 14.9 Å². The van der Waals surface area contributed by atoms with E-state index in [2.05, 4.69) is 10.1 Å². The highest BCUT2D eigenvalue weighted by molar-refractivity contribution is 7.90. The van der Waals surface area contributed by atoms with Gasteiger partial charge in [0.05, 0.1) is 23.1 Å². The number of nitrogens with zero attached hydrogens (tertiary/aromatic N) is 4. The van der Waals surface area contributed by atoms with Crippen molar-refractivity contribution in [3.05, 3.63) is 53.3 Å². The summed E-state index contributed by atoms with van der Waals surface area (Å²) < 4.78 is 65.6. The molecule has 0 fully saturated rings. The van der Waals surface area contributed by atoms with Crippen molar-refractivity contribution in [2.45, 2.75) is 37.1 Å². The van der Waals surface area contributed by atoms with Crippen LogP contribution >= 0.6 is 11.6 Å². The summed E-state index contributed by atoms with van der Waals surface area (Å²) in [5.41, 5.74) is 1.80. The first-order valence-electron chi connectivity index (χ1n) is 9.40. The first kappa shape index (κ1) is 21.6. The molecule has 0 aliphatic rings. The molecule has 0 amide bonds. The summed E-state index contributed by atoms with van der Waals surface area (Å²) in [5.74, 6) is 0.466. The molecule has 0 unspecified atom stereocenters. The van der Waals surface area contributed by atoms with Crippen molar-refractivity contribution in [2.24, 2.45) is 0 Å². The maximum atomic E-state index is 12.7. The second kappa shape index (κ2) is 7.83. The van der Waals surface area contributed by atoms with Crippen LogP contribution in [0, 0.1) is 0 Å². The quantitative estimate of drug-likeness (QED) is 0.404. The van der Waals surface area contributed by atoms with Crippen molar-refractivity contribution in [1.82, 2.24) is 19.3 Å². The molecular formula is C20H18ClF3N4O2S. The van der Waals surface area contributed by atoms with E-state index in [0.29, 0.717) is 32.8 Å². The standard InChI is InChI=1S/C20H18ClF3N4O2S/c1-31(29,30)19-14-5-2-3-6-16(14)28(26-19)12-18-25-15-11-13(21)7-8-17(15)27(18)10-4-9-20(22,23)24/h2-3,5-8,11H,4,9-10,12H2,1H3. The summed E-state index contributed by atoms with van der Waals surface area (Å²) in [7, 11) is -3.57. The van der Waals surface area contributed by atoms with E-state index in [4.69, 9.17) is 11.6 Å². The monoisotopic (exact) mass is 470 g/mol. The molecule has 0 aliphatic carbocycles. The third-order valence-electron chi connectivity index (χ3n) is 4.90. The largest absolute Gasteiger partial charge is 0.389 e. The number of fused-ring (bicyclic) bond motifs is 2. The van der Waals surface area contributed by atoms with Gasteiger partial charge in [0.25, 0.3) is 0 Å². The molecule has 0 bridgehead atoms. The van der Waals surface area contributed by atoms with Crippen LogP contribution < -0.4 is 0 Å². The zero-order valence-electron chi connectivity index (χ0n) is 16.4. The van der Waals surface area contributed by atoms with Gasteiger partial charge in [0, 0.05) is 29.6 Å². The van der Waals surface area contributed by atoms with Gasteiger partial charge in [-0.1, -0.05) is 23.7 Å². The second-order valence-corrected chi connectivity index (χ2v) is 9.65. The number of aromatic nitrogens is 4. The lowest BCUT2D eigenvalue weighted by atomic mass is 10.2. The minimum absolute atomic E-state index is 0.0501. The number of hydrogen-bond acceptors (Lipinski definition) is 4. The van der Waals surface area contributed by atoms with E-state index in [-0.39, 0.29) is 24.5 Å². The van der Waals surface area contributed by atoms with Gasteiger partial charge < -0.3 is 4.57 Å². The molecule has 4 rings (SSSR count). The highest BCUT2D eigenvalue weighted by Gasteiger charge is 2.27. The predicted molar refractivity (Wildman–Crippen MR) is 112 cm³/mol. The van der Waals surface area contributed by atoms with Gasteiger partial charge in [-0.05, 0) is 36.8 Å². The van der Waals surface area contributed by atoms with E-state index < -0.39 is 22.4 Å². The average molecular weight is 471 g/mol. The van der Waals surface area contributed by atoms with Crippen molar-refractivity contribution in [3.8, 4) is 0 Å². The highest BCUT2D eigenvalue weighted by Crippen LogP contribution is 2.27. The number of benzene rings is 2. The molecule has 31 heavy (non-hydrogen) atoms. The Hall–Kier alpha value is -2.59. The number of rotatable bonds is 6. The van der Waals surface area contributed by atoms with Gasteiger partial charge in [-0.2, -0.15) is 18.3 Å². The number of halogens is 4. The number of alkyl halides is 3. The van der Waals surface area contributed by atoms with Crippen molar-refractivity contribution in [1.29, 1.82) is 0 Å². The molecule has 6 nitrogen and oxygen atoms in total. The molecule has 2 aromatic heterocycles. The van der Waals surface area contributed by atoms with E-state index in [1.165, 1.54) is 4.68 Å². The van der Waals surface area contributed by atoms with E-state index in [0.717, 1.165) is 6.26 Å². The van der Waals surface area contributed by atoms with Gasteiger partial charge in [-0.25, -0.2) is 13.4 Å². The second-order valence-electron chi connectivity index (χ2n) is 7.28. The van der Waals surface area contributed by atoms with Crippen LogP contribution in [-0.2, 0) is 22.9 Å². The molecule has 2 heterocycles. The molecule has 0 radical (unpaired) electrons. The van der Waals surface area contributed by atoms with Crippen LogP contribution in [0.1, 0.15) is 18.7 Å². The molecule has 0 N–H and O–H groups in total. The Kier molecular flexibility index (Phi) is 5.47. The van der Waals surface area contributed by atoms with Crippen LogP contribution in [0.5, 0.6) is 0 Å². The van der Waals surface area contributed by atoms with Gasteiger partial charge in [-0.3, -0.25) is 4.68 Å². The minimum Gasteiger partial charge on any atom is -0.326 e. The van der Waals surface area contributed by atoms with Crippen LogP contribution in [0.3, 0.4) is 0 Å². The number of hydrogen-bond donors (Lipinski definition) is 0.